The van der Waals surface area contributed by atoms with E-state index in [0.717, 1.165) is 10.9 Å². The molecule has 6 nitrogen and oxygen atoms in total. The summed E-state index contributed by atoms with van der Waals surface area (Å²) < 4.78 is 55.3. The number of hydrogen-bond acceptors (Lipinski definition) is 4. The zero-order valence-corrected chi connectivity index (χ0v) is 21.8. The van der Waals surface area contributed by atoms with Crippen LogP contribution in [-0.2, 0) is 14.3 Å². The van der Waals surface area contributed by atoms with Crippen molar-refractivity contribution in [3.8, 4) is 11.8 Å². The van der Waals surface area contributed by atoms with Crippen LogP contribution in [0.3, 0.4) is 0 Å². The van der Waals surface area contributed by atoms with Gasteiger partial charge in [-0.3, -0.25) is 9.69 Å². The van der Waals surface area contributed by atoms with E-state index in [1.54, 1.807) is 0 Å². The topological polar surface area (TPSA) is 59.1 Å². The molecule has 0 N–H and O–H groups in total. The van der Waals surface area contributed by atoms with E-state index in [-0.39, 0.29) is 39.6 Å². The summed E-state index contributed by atoms with van der Waals surface area (Å²) in [5.74, 6) is 2.81. The van der Waals surface area contributed by atoms with Gasteiger partial charge in [-0.2, -0.15) is 13.2 Å². The SMILES string of the molecule is C=C(C)OC(=O)N1c2cc(Cl)ccc2N(COCC[Si](C)(C)C)C(=O)C1(C#CC1CC1)C(F)(F)F. The summed E-state index contributed by atoms with van der Waals surface area (Å²) in [6.45, 7) is 11.0. The zero-order valence-electron chi connectivity index (χ0n) is 20.1. The molecule has 2 amide bonds. The van der Waals surface area contributed by atoms with Gasteiger partial charge < -0.3 is 9.47 Å². The Morgan fingerprint density at radius 2 is 1.94 bits per heavy atom. The Morgan fingerprint density at radius 1 is 1.29 bits per heavy atom. The first-order chi connectivity index (χ1) is 16.2. The number of benzene rings is 1. The van der Waals surface area contributed by atoms with Crippen molar-refractivity contribution >= 4 is 43.1 Å². The number of fused-ring (bicyclic) bond motifs is 1. The zero-order chi connectivity index (χ0) is 26.2. The molecule has 0 saturated heterocycles. The molecule has 1 aromatic rings. The molecule has 2 aliphatic rings. The Labute approximate surface area is 209 Å². The van der Waals surface area contributed by atoms with Gasteiger partial charge in [-0.1, -0.05) is 49.7 Å². The molecule has 0 spiro atoms. The van der Waals surface area contributed by atoms with Crippen molar-refractivity contribution in [1.29, 1.82) is 0 Å². The fourth-order valence-corrected chi connectivity index (χ4v) is 4.36. The maximum absolute atomic E-state index is 14.9. The van der Waals surface area contributed by atoms with Gasteiger partial charge in [0.15, 0.2) is 0 Å². The number of halogens is 4. The van der Waals surface area contributed by atoms with Crippen molar-refractivity contribution in [2.24, 2.45) is 5.92 Å². The third kappa shape index (κ3) is 5.85. The molecule has 0 bridgehead atoms. The first-order valence-corrected chi connectivity index (χ1v) is 15.2. The lowest BCUT2D eigenvalue weighted by atomic mass is 9.90. The quantitative estimate of drug-likeness (QED) is 0.191. The van der Waals surface area contributed by atoms with Gasteiger partial charge in [0.2, 0.25) is 0 Å². The molecule has 1 unspecified atom stereocenters. The molecule has 1 aliphatic carbocycles. The Bertz CT molecular complexity index is 1090. The van der Waals surface area contributed by atoms with Crippen LogP contribution < -0.4 is 9.80 Å². The van der Waals surface area contributed by atoms with Gasteiger partial charge in [0.05, 0.1) is 17.1 Å². The molecule has 1 aliphatic heterocycles. The molecule has 1 aromatic carbocycles. The summed E-state index contributed by atoms with van der Waals surface area (Å²) in [6, 6.07) is 4.72. The first-order valence-electron chi connectivity index (χ1n) is 11.1. The average molecular weight is 529 g/mol. The van der Waals surface area contributed by atoms with Crippen molar-refractivity contribution in [3.05, 3.63) is 35.6 Å². The number of nitrogens with zero attached hydrogens (tertiary/aromatic N) is 2. The third-order valence-corrected chi connectivity index (χ3v) is 7.40. The van der Waals surface area contributed by atoms with Gasteiger partial charge in [0.1, 0.15) is 6.73 Å². The molecule has 1 atom stereocenters. The second-order valence-electron chi connectivity index (χ2n) is 9.87. The number of hydrogen-bond donors (Lipinski definition) is 0. The summed E-state index contributed by atoms with van der Waals surface area (Å²) in [5, 5.41) is 0.0667. The van der Waals surface area contributed by atoms with E-state index >= 15 is 0 Å². The van der Waals surface area contributed by atoms with E-state index in [0.29, 0.717) is 12.8 Å². The van der Waals surface area contributed by atoms with Crippen LogP contribution >= 0.6 is 11.6 Å². The second-order valence-corrected chi connectivity index (χ2v) is 15.9. The molecule has 0 aromatic heterocycles. The molecule has 190 valence electrons. The highest BCUT2D eigenvalue weighted by atomic mass is 35.5. The smallest absolute Gasteiger partial charge is 0.415 e. The molecule has 35 heavy (non-hydrogen) atoms. The number of allylic oxidation sites excluding steroid dienone is 1. The normalized spacial score (nSPS) is 20.2. The van der Waals surface area contributed by atoms with Crippen LogP contribution in [0.1, 0.15) is 19.8 Å². The Hall–Kier alpha value is -2.48. The van der Waals surface area contributed by atoms with Gasteiger partial charge in [0, 0.05) is 25.6 Å². The summed E-state index contributed by atoms with van der Waals surface area (Å²) in [6.07, 6.45) is -5.46. The van der Waals surface area contributed by atoms with Crippen LogP contribution in [0.25, 0.3) is 0 Å². The lowest BCUT2D eigenvalue weighted by Crippen LogP contribution is -2.71. The predicted molar refractivity (Wildman–Crippen MR) is 131 cm³/mol. The van der Waals surface area contributed by atoms with E-state index in [1.165, 1.54) is 25.1 Å². The maximum atomic E-state index is 14.9. The standard InChI is InChI=1S/C24H28ClF3N2O4Si/c1-16(2)34-22(32)30-20-14-18(25)8-9-19(20)29(15-33-12-13-35(3,4)5)21(31)23(30,24(26,27)28)11-10-17-6-7-17/h8-9,14,17H,1,6-7,12-13,15H2,2-5H3. The number of amides is 2. The molecular weight excluding hydrogens is 501 g/mol. The maximum Gasteiger partial charge on any atom is 0.433 e. The summed E-state index contributed by atoms with van der Waals surface area (Å²) >= 11 is 6.11. The van der Waals surface area contributed by atoms with E-state index in [1.807, 2.05) is 0 Å². The minimum Gasteiger partial charge on any atom is -0.415 e. The monoisotopic (exact) mass is 528 g/mol. The van der Waals surface area contributed by atoms with Crippen molar-refractivity contribution in [3.63, 3.8) is 0 Å². The van der Waals surface area contributed by atoms with Gasteiger partial charge in [-0.25, -0.2) is 9.69 Å². The number of rotatable bonds is 6. The van der Waals surface area contributed by atoms with Crippen LogP contribution in [0.15, 0.2) is 30.5 Å². The van der Waals surface area contributed by atoms with Gasteiger partial charge in [-0.15, -0.1) is 0 Å². The van der Waals surface area contributed by atoms with E-state index in [4.69, 9.17) is 21.1 Å². The molecular formula is C24H28ClF3N2O4Si. The molecule has 3 rings (SSSR count). The van der Waals surface area contributed by atoms with Crippen LogP contribution in [-0.4, -0.2) is 45.1 Å². The fraction of sp³-hybridized carbons (Fsp3) is 0.500. The number of carbonyl (C=O) groups excluding carboxylic acids is 2. The van der Waals surface area contributed by atoms with E-state index < -0.39 is 38.5 Å². The van der Waals surface area contributed by atoms with Crippen LogP contribution in [0.5, 0.6) is 0 Å². The van der Waals surface area contributed by atoms with Gasteiger partial charge in [0.25, 0.3) is 11.4 Å². The van der Waals surface area contributed by atoms with E-state index in [2.05, 4.69) is 38.1 Å². The molecule has 1 heterocycles. The lowest BCUT2D eigenvalue weighted by Gasteiger charge is -2.46. The lowest BCUT2D eigenvalue weighted by molar-refractivity contribution is -0.178. The molecule has 1 fully saturated rings. The van der Waals surface area contributed by atoms with Gasteiger partial charge >= 0.3 is 12.3 Å². The predicted octanol–water partition coefficient (Wildman–Crippen LogP) is 6.19. The number of anilines is 2. The molecule has 1 saturated carbocycles. The second kappa shape index (κ2) is 9.88. The van der Waals surface area contributed by atoms with E-state index in [9.17, 15) is 22.8 Å². The summed E-state index contributed by atoms with van der Waals surface area (Å²) in [7, 11) is -1.48. The highest BCUT2D eigenvalue weighted by Crippen LogP contribution is 2.49. The van der Waals surface area contributed by atoms with Gasteiger partial charge in [-0.05, 0) is 44.0 Å². The fourth-order valence-electron chi connectivity index (χ4n) is 3.44. The highest BCUT2D eigenvalue weighted by Gasteiger charge is 2.70. The Kier molecular flexibility index (Phi) is 7.65. The Balaban J connectivity index is 2.18. The number of alkyl halides is 3. The molecule has 11 heteroatoms. The number of ether oxygens (including phenoxy) is 2. The minimum atomic E-state index is -5.27. The number of carbonyl (C=O) groups is 2. The minimum absolute atomic E-state index is 0.0270. The summed E-state index contributed by atoms with van der Waals surface area (Å²) in [4.78, 5) is 27.9. The highest BCUT2D eigenvalue weighted by molar-refractivity contribution is 6.76. The van der Waals surface area contributed by atoms with Crippen LogP contribution in [0.4, 0.5) is 29.3 Å². The Morgan fingerprint density at radius 3 is 2.49 bits per heavy atom. The van der Waals surface area contributed by atoms with Crippen LogP contribution in [0.2, 0.25) is 30.7 Å². The third-order valence-electron chi connectivity index (χ3n) is 5.46. The summed E-state index contributed by atoms with van der Waals surface area (Å²) in [5.41, 5.74) is -3.76. The molecule has 0 radical (unpaired) electrons. The van der Waals surface area contributed by atoms with Crippen LogP contribution in [0, 0.1) is 17.8 Å². The van der Waals surface area contributed by atoms with Crippen molar-refractivity contribution < 1.29 is 32.2 Å². The van der Waals surface area contributed by atoms with Crippen molar-refractivity contribution in [1.82, 2.24) is 0 Å². The van der Waals surface area contributed by atoms with Crippen molar-refractivity contribution in [2.75, 3.05) is 23.1 Å². The largest absolute Gasteiger partial charge is 0.433 e. The van der Waals surface area contributed by atoms with Crippen molar-refractivity contribution in [2.45, 2.75) is 57.2 Å². The first kappa shape index (κ1) is 27.1. The average Bonchev–Trinajstić information content (AvgIpc) is 3.53.